The zero-order chi connectivity index (χ0) is 9.12. The molecule has 0 saturated heterocycles. The Balaban J connectivity index is 4.22. The van der Waals surface area contributed by atoms with Crippen LogP contribution in [0.25, 0.3) is 0 Å². The fourth-order valence-corrected chi connectivity index (χ4v) is 1.73. The van der Waals surface area contributed by atoms with Crippen LogP contribution in [-0.4, -0.2) is 19.5 Å². The van der Waals surface area contributed by atoms with Crippen LogP contribution in [0.2, 0.25) is 24.2 Å². The van der Waals surface area contributed by atoms with E-state index in [4.69, 9.17) is 5.21 Å². The summed E-state index contributed by atoms with van der Waals surface area (Å²) in [5.74, 6) is 0. The highest BCUT2D eigenvalue weighted by Crippen LogP contribution is 2.37. The van der Waals surface area contributed by atoms with Crippen molar-refractivity contribution in [1.29, 1.82) is 0 Å². The van der Waals surface area contributed by atoms with Crippen LogP contribution in [0, 0.1) is 0 Å². The summed E-state index contributed by atoms with van der Waals surface area (Å²) in [4.78, 5) is 0. The average molecular weight is 173 g/mol. The highest BCUT2D eigenvalue weighted by molar-refractivity contribution is 6.82. The fourth-order valence-electron chi connectivity index (χ4n) is 0.575. The molecule has 0 heterocycles. The van der Waals surface area contributed by atoms with Gasteiger partial charge in [-0.1, -0.05) is 33.9 Å². The zero-order valence-corrected chi connectivity index (χ0v) is 9.18. The molecule has 0 saturated carbocycles. The van der Waals surface area contributed by atoms with Gasteiger partial charge < -0.3 is 5.21 Å². The topological polar surface area (TPSA) is 32.6 Å². The SMILES string of the molecule is CC(C)(C)[Si](C)(C)CC=NO. The number of oxime groups is 1. The van der Waals surface area contributed by atoms with Crippen molar-refractivity contribution in [2.45, 2.75) is 44.9 Å². The lowest BCUT2D eigenvalue weighted by atomic mass is 10.2. The van der Waals surface area contributed by atoms with Crippen molar-refractivity contribution in [3.8, 4) is 0 Å². The molecule has 0 bridgehead atoms. The predicted octanol–water partition coefficient (Wildman–Crippen LogP) is 2.95. The molecule has 0 aliphatic rings. The summed E-state index contributed by atoms with van der Waals surface area (Å²) in [5.41, 5.74) is 0. The molecule has 0 atom stereocenters. The Hall–Kier alpha value is -0.313. The van der Waals surface area contributed by atoms with Crippen molar-refractivity contribution in [3.63, 3.8) is 0 Å². The third-order valence-corrected chi connectivity index (χ3v) is 7.98. The molecular weight excluding hydrogens is 154 g/mol. The lowest BCUT2D eigenvalue weighted by molar-refractivity contribution is 0.321. The van der Waals surface area contributed by atoms with E-state index in [1.807, 2.05) is 0 Å². The van der Waals surface area contributed by atoms with Crippen LogP contribution in [0.15, 0.2) is 5.16 Å². The van der Waals surface area contributed by atoms with Crippen LogP contribution >= 0.6 is 0 Å². The van der Waals surface area contributed by atoms with Gasteiger partial charge in [0, 0.05) is 6.21 Å². The van der Waals surface area contributed by atoms with E-state index in [2.05, 4.69) is 39.0 Å². The van der Waals surface area contributed by atoms with E-state index >= 15 is 0 Å². The Morgan fingerprint density at radius 2 is 1.82 bits per heavy atom. The number of rotatable bonds is 2. The molecule has 0 aromatic rings. The Bertz CT molecular complexity index is 147. The van der Waals surface area contributed by atoms with Gasteiger partial charge in [-0.25, -0.2) is 0 Å². The van der Waals surface area contributed by atoms with E-state index in [1.54, 1.807) is 6.21 Å². The minimum atomic E-state index is -1.24. The maximum atomic E-state index is 8.29. The van der Waals surface area contributed by atoms with E-state index in [1.165, 1.54) is 0 Å². The van der Waals surface area contributed by atoms with Gasteiger partial charge in [0.05, 0.1) is 8.07 Å². The molecule has 0 aromatic carbocycles. The number of hydrogen-bond donors (Lipinski definition) is 1. The number of hydrogen-bond acceptors (Lipinski definition) is 2. The van der Waals surface area contributed by atoms with Gasteiger partial charge in [-0.05, 0) is 11.1 Å². The Kier molecular flexibility index (Phi) is 3.29. The maximum absolute atomic E-state index is 8.29. The van der Waals surface area contributed by atoms with Gasteiger partial charge in [0.25, 0.3) is 0 Å². The first-order chi connectivity index (χ1) is 4.81. The maximum Gasteiger partial charge on any atom is 0.0583 e. The second kappa shape index (κ2) is 3.39. The van der Waals surface area contributed by atoms with Crippen LogP contribution in [0.5, 0.6) is 0 Å². The molecule has 0 radical (unpaired) electrons. The van der Waals surface area contributed by atoms with Crippen LogP contribution in [0.1, 0.15) is 20.8 Å². The molecule has 1 N–H and O–H groups in total. The largest absolute Gasteiger partial charge is 0.411 e. The molecule has 0 aromatic heterocycles. The highest BCUT2D eigenvalue weighted by atomic mass is 28.3. The molecule has 0 spiro atoms. The second-order valence-electron chi connectivity index (χ2n) is 4.64. The normalized spacial score (nSPS) is 14.3. The van der Waals surface area contributed by atoms with Gasteiger partial charge in [0.2, 0.25) is 0 Å². The van der Waals surface area contributed by atoms with Gasteiger partial charge in [0.1, 0.15) is 0 Å². The molecule has 11 heavy (non-hydrogen) atoms. The summed E-state index contributed by atoms with van der Waals surface area (Å²) in [6.07, 6.45) is 1.62. The number of nitrogens with zero attached hydrogens (tertiary/aromatic N) is 1. The second-order valence-corrected chi connectivity index (χ2v) is 10.3. The van der Waals surface area contributed by atoms with Crippen molar-refractivity contribution in [3.05, 3.63) is 0 Å². The van der Waals surface area contributed by atoms with Crippen molar-refractivity contribution in [1.82, 2.24) is 0 Å². The monoisotopic (exact) mass is 173 g/mol. The molecule has 0 unspecified atom stereocenters. The van der Waals surface area contributed by atoms with Crippen LogP contribution in [-0.2, 0) is 0 Å². The predicted molar refractivity (Wildman–Crippen MR) is 52.3 cm³/mol. The van der Waals surface area contributed by atoms with Crippen LogP contribution in [0.4, 0.5) is 0 Å². The Morgan fingerprint density at radius 3 is 2.09 bits per heavy atom. The Morgan fingerprint density at radius 1 is 1.36 bits per heavy atom. The van der Waals surface area contributed by atoms with Crippen molar-refractivity contribution >= 4 is 14.3 Å². The summed E-state index contributed by atoms with van der Waals surface area (Å²) in [6, 6.07) is 0.951. The van der Waals surface area contributed by atoms with E-state index in [0.717, 1.165) is 6.04 Å². The molecule has 3 heteroatoms. The molecular formula is C8H19NOSi. The van der Waals surface area contributed by atoms with E-state index < -0.39 is 8.07 Å². The fraction of sp³-hybridized carbons (Fsp3) is 0.875. The zero-order valence-electron chi connectivity index (χ0n) is 8.18. The minimum Gasteiger partial charge on any atom is -0.411 e. The third-order valence-electron chi connectivity index (χ3n) is 2.71. The lowest BCUT2D eigenvalue weighted by Gasteiger charge is -2.35. The molecule has 66 valence electrons. The van der Waals surface area contributed by atoms with E-state index in [9.17, 15) is 0 Å². The highest BCUT2D eigenvalue weighted by Gasteiger charge is 2.33. The molecule has 2 nitrogen and oxygen atoms in total. The lowest BCUT2D eigenvalue weighted by Crippen LogP contribution is -2.37. The summed E-state index contributed by atoms with van der Waals surface area (Å²) in [5, 5.41) is 11.7. The molecule has 0 rings (SSSR count). The van der Waals surface area contributed by atoms with Crippen LogP contribution < -0.4 is 0 Å². The average Bonchev–Trinajstić information content (AvgIpc) is 1.81. The first kappa shape index (κ1) is 10.7. The van der Waals surface area contributed by atoms with Gasteiger partial charge in [0.15, 0.2) is 0 Å². The first-order valence-electron chi connectivity index (χ1n) is 3.97. The van der Waals surface area contributed by atoms with Crippen LogP contribution in [0.3, 0.4) is 0 Å². The smallest absolute Gasteiger partial charge is 0.0583 e. The Labute approximate surface area is 70.3 Å². The third kappa shape index (κ3) is 3.06. The molecule has 0 amide bonds. The first-order valence-corrected chi connectivity index (χ1v) is 7.18. The van der Waals surface area contributed by atoms with Gasteiger partial charge in [-0.2, -0.15) is 0 Å². The molecule has 0 aliphatic heterocycles. The quantitative estimate of drug-likeness (QED) is 0.296. The van der Waals surface area contributed by atoms with Gasteiger partial charge in [-0.15, -0.1) is 5.16 Å². The summed E-state index contributed by atoms with van der Waals surface area (Å²) in [6.45, 7) is 11.4. The molecule has 0 aliphatic carbocycles. The molecule has 0 fully saturated rings. The van der Waals surface area contributed by atoms with Crippen molar-refractivity contribution in [2.75, 3.05) is 0 Å². The standard InChI is InChI=1S/C8H19NOSi/c1-8(2,3)11(4,5)7-6-9-10/h6,10H,7H2,1-5H3. The van der Waals surface area contributed by atoms with Gasteiger partial charge in [-0.3, -0.25) is 0 Å². The minimum absolute atomic E-state index is 0.383. The van der Waals surface area contributed by atoms with Crippen molar-refractivity contribution < 1.29 is 5.21 Å². The summed E-state index contributed by atoms with van der Waals surface area (Å²) < 4.78 is 0. The summed E-state index contributed by atoms with van der Waals surface area (Å²) >= 11 is 0. The van der Waals surface area contributed by atoms with E-state index in [0.29, 0.717) is 5.04 Å². The van der Waals surface area contributed by atoms with Gasteiger partial charge >= 0.3 is 0 Å². The van der Waals surface area contributed by atoms with E-state index in [-0.39, 0.29) is 0 Å². The van der Waals surface area contributed by atoms with Crippen molar-refractivity contribution in [2.24, 2.45) is 5.16 Å². The summed E-state index contributed by atoms with van der Waals surface area (Å²) in [7, 11) is -1.24.